The molecule has 5 rings (SSSR count). The van der Waals surface area contributed by atoms with Crippen LogP contribution in [0.1, 0.15) is 18.4 Å². The van der Waals surface area contributed by atoms with Gasteiger partial charge in [0.1, 0.15) is 5.75 Å². The number of nitrogens with one attached hydrogen (secondary N) is 1. The van der Waals surface area contributed by atoms with Crippen LogP contribution < -0.4 is 15.0 Å². The molecule has 0 spiro atoms. The molecule has 1 N–H and O–H groups in total. The van der Waals surface area contributed by atoms with Crippen molar-refractivity contribution in [2.24, 2.45) is 5.92 Å². The molecule has 2 aromatic heterocycles. The number of carbonyl (C=O) groups excluding carboxylic acids is 1. The van der Waals surface area contributed by atoms with E-state index < -0.39 is 0 Å². The molecule has 1 aliphatic rings. The zero-order valence-electron chi connectivity index (χ0n) is 18.1. The SMILES string of the molecule is COc1cccc(NC(=O)C2CCN(c3nn4cc(-c5ccc(C)cc5)nc4s3)CC2)c1. The number of imidazole rings is 1. The maximum atomic E-state index is 12.7. The minimum atomic E-state index is -0.00497. The second kappa shape index (κ2) is 8.63. The molecule has 0 atom stereocenters. The van der Waals surface area contributed by atoms with Crippen LogP contribution in [0.4, 0.5) is 10.8 Å². The molecular formula is C24H25N5O2S. The van der Waals surface area contributed by atoms with Crippen LogP contribution in [-0.2, 0) is 4.79 Å². The van der Waals surface area contributed by atoms with Crippen LogP contribution >= 0.6 is 11.3 Å². The third-order valence-corrected chi connectivity index (χ3v) is 6.84. The maximum absolute atomic E-state index is 12.7. The first-order valence-corrected chi connectivity index (χ1v) is 11.5. The van der Waals surface area contributed by atoms with Crippen LogP contribution in [0.15, 0.2) is 54.7 Å². The summed E-state index contributed by atoms with van der Waals surface area (Å²) in [5.41, 5.74) is 4.03. The summed E-state index contributed by atoms with van der Waals surface area (Å²) in [5.74, 6) is 0.793. The van der Waals surface area contributed by atoms with Crippen molar-refractivity contribution in [1.82, 2.24) is 14.6 Å². The summed E-state index contributed by atoms with van der Waals surface area (Å²) >= 11 is 1.59. The molecule has 2 aromatic carbocycles. The molecule has 7 nitrogen and oxygen atoms in total. The Kier molecular flexibility index (Phi) is 5.53. The van der Waals surface area contributed by atoms with E-state index in [0.29, 0.717) is 0 Å². The number of carbonyl (C=O) groups is 1. The standard InChI is InChI=1S/C24H25N5O2S/c1-16-6-8-17(9-7-16)21-15-29-23(26-21)32-24(27-29)28-12-10-18(11-13-28)22(30)25-19-4-3-5-20(14-19)31-2/h3-9,14-15,18H,10-13H2,1-2H3,(H,25,30). The molecule has 32 heavy (non-hydrogen) atoms. The number of ether oxygens (including phenoxy) is 1. The van der Waals surface area contributed by atoms with Crippen molar-refractivity contribution in [3.05, 3.63) is 60.3 Å². The monoisotopic (exact) mass is 447 g/mol. The zero-order chi connectivity index (χ0) is 22.1. The first-order chi connectivity index (χ1) is 15.6. The normalized spacial score (nSPS) is 14.6. The van der Waals surface area contributed by atoms with Crippen molar-refractivity contribution in [3.8, 4) is 17.0 Å². The Morgan fingerprint density at radius 1 is 1.16 bits per heavy atom. The van der Waals surface area contributed by atoms with Crippen LogP contribution in [0.2, 0.25) is 0 Å². The van der Waals surface area contributed by atoms with Gasteiger partial charge in [0, 0.05) is 36.3 Å². The number of nitrogens with zero attached hydrogens (tertiary/aromatic N) is 4. The molecule has 3 heterocycles. The second-order valence-electron chi connectivity index (χ2n) is 8.09. The van der Waals surface area contributed by atoms with Gasteiger partial charge in [0.25, 0.3) is 0 Å². The number of piperidine rings is 1. The van der Waals surface area contributed by atoms with Crippen molar-refractivity contribution in [1.29, 1.82) is 0 Å². The van der Waals surface area contributed by atoms with Crippen LogP contribution in [-0.4, -0.2) is 40.7 Å². The number of methoxy groups -OCH3 is 1. The third-order valence-electron chi connectivity index (χ3n) is 5.85. The van der Waals surface area contributed by atoms with Gasteiger partial charge in [0.15, 0.2) is 0 Å². The van der Waals surface area contributed by atoms with E-state index >= 15 is 0 Å². The first kappa shape index (κ1) is 20.5. The van der Waals surface area contributed by atoms with E-state index in [1.54, 1.807) is 18.4 Å². The third kappa shape index (κ3) is 4.18. The lowest BCUT2D eigenvalue weighted by atomic mass is 9.96. The molecule has 8 heteroatoms. The molecule has 0 bridgehead atoms. The van der Waals surface area contributed by atoms with Gasteiger partial charge in [-0.1, -0.05) is 47.2 Å². The van der Waals surface area contributed by atoms with Crippen LogP contribution in [0.3, 0.4) is 0 Å². The number of anilines is 2. The molecule has 4 aromatic rings. The Morgan fingerprint density at radius 3 is 2.66 bits per heavy atom. The number of aromatic nitrogens is 3. The molecule has 0 unspecified atom stereocenters. The average molecular weight is 448 g/mol. The van der Waals surface area contributed by atoms with Gasteiger partial charge in [-0.15, -0.1) is 5.10 Å². The van der Waals surface area contributed by atoms with Crippen LogP contribution in [0.25, 0.3) is 16.2 Å². The van der Waals surface area contributed by atoms with E-state index in [2.05, 4.69) is 41.4 Å². The molecular weight excluding hydrogens is 422 g/mol. The summed E-state index contributed by atoms with van der Waals surface area (Å²) in [7, 11) is 1.62. The summed E-state index contributed by atoms with van der Waals surface area (Å²) in [5, 5.41) is 8.71. The van der Waals surface area contributed by atoms with Crippen molar-refractivity contribution < 1.29 is 9.53 Å². The Morgan fingerprint density at radius 2 is 1.94 bits per heavy atom. The van der Waals surface area contributed by atoms with Gasteiger partial charge in [-0.3, -0.25) is 4.79 Å². The molecule has 1 aliphatic heterocycles. The van der Waals surface area contributed by atoms with Gasteiger partial charge >= 0.3 is 0 Å². The number of benzene rings is 2. The highest BCUT2D eigenvalue weighted by Gasteiger charge is 2.27. The molecule has 0 saturated carbocycles. The molecule has 1 fully saturated rings. The summed E-state index contributed by atoms with van der Waals surface area (Å²) in [6, 6.07) is 15.8. The van der Waals surface area contributed by atoms with Gasteiger partial charge in [0.2, 0.25) is 16.0 Å². The number of rotatable bonds is 5. The maximum Gasteiger partial charge on any atom is 0.227 e. The molecule has 0 radical (unpaired) electrons. The zero-order valence-corrected chi connectivity index (χ0v) is 18.9. The highest BCUT2D eigenvalue weighted by Crippen LogP contribution is 2.30. The lowest BCUT2D eigenvalue weighted by molar-refractivity contribution is -0.120. The van der Waals surface area contributed by atoms with Crippen molar-refractivity contribution in [3.63, 3.8) is 0 Å². The number of fused-ring (bicyclic) bond motifs is 1. The van der Waals surface area contributed by atoms with Crippen molar-refractivity contribution in [2.45, 2.75) is 19.8 Å². The van der Waals surface area contributed by atoms with E-state index in [4.69, 9.17) is 14.8 Å². The quantitative estimate of drug-likeness (QED) is 0.483. The van der Waals surface area contributed by atoms with Crippen LogP contribution in [0.5, 0.6) is 5.75 Å². The minimum absolute atomic E-state index is 0.00497. The first-order valence-electron chi connectivity index (χ1n) is 10.7. The van der Waals surface area contributed by atoms with E-state index in [0.717, 1.165) is 58.7 Å². The fraction of sp³-hybridized carbons (Fsp3) is 0.292. The van der Waals surface area contributed by atoms with Crippen molar-refractivity contribution >= 4 is 33.0 Å². The predicted octanol–water partition coefficient (Wildman–Crippen LogP) is 4.63. The lowest BCUT2D eigenvalue weighted by Gasteiger charge is -2.30. The molecule has 1 saturated heterocycles. The summed E-state index contributed by atoms with van der Waals surface area (Å²) in [6.07, 6.45) is 3.58. The van der Waals surface area contributed by atoms with E-state index in [1.807, 2.05) is 35.0 Å². The highest BCUT2D eigenvalue weighted by atomic mass is 32.1. The van der Waals surface area contributed by atoms with E-state index in [-0.39, 0.29) is 11.8 Å². The Hall–Kier alpha value is -3.39. The van der Waals surface area contributed by atoms with Gasteiger partial charge in [-0.05, 0) is 31.9 Å². The van der Waals surface area contributed by atoms with Gasteiger partial charge in [-0.25, -0.2) is 9.50 Å². The Balaban J connectivity index is 1.21. The fourth-order valence-electron chi connectivity index (χ4n) is 3.96. The summed E-state index contributed by atoms with van der Waals surface area (Å²) < 4.78 is 7.09. The van der Waals surface area contributed by atoms with Gasteiger partial charge < -0.3 is 15.0 Å². The second-order valence-corrected chi connectivity index (χ2v) is 9.02. The van der Waals surface area contributed by atoms with Crippen molar-refractivity contribution in [2.75, 3.05) is 30.4 Å². The van der Waals surface area contributed by atoms with Gasteiger partial charge in [0.05, 0.1) is 19.0 Å². The molecule has 164 valence electrons. The number of amides is 1. The highest BCUT2D eigenvalue weighted by molar-refractivity contribution is 7.20. The van der Waals surface area contributed by atoms with E-state index in [9.17, 15) is 4.79 Å². The lowest BCUT2D eigenvalue weighted by Crippen LogP contribution is -2.38. The molecule has 1 amide bonds. The number of hydrogen-bond acceptors (Lipinski definition) is 6. The molecule has 0 aliphatic carbocycles. The number of hydrogen-bond donors (Lipinski definition) is 1. The average Bonchev–Trinajstić information content (AvgIpc) is 3.39. The van der Waals surface area contributed by atoms with Crippen LogP contribution in [0, 0.1) is 12.8 Å². The Bertz CT molecular complexity index is 1210. The van der Waals surface area contributed by atoms with Gasteiger partial charge in [-0.2, -0.15) is 0 Å². The van der Waals surface area contributed by atoms with E-state index in [1.165, 1.54) is 5.56 Å². The predicted molar refractivity (Wildman–Crippen MR) is 128 cm³/mol. The Labute approximate surface area is 190 Å². The smallest absolute Gasteiger partial charge is 0.227 e. The number of aryl methyl sites for hydroxylation is 1. The fourth-order valence-corrected chi connectivity index (χ4v) is 4.89. The largest absolute Gasteiger partial charge is 0.497 e. The summed E-state index contributed by atoms with van der Waals surface area (Å²) in [4.78, 5) is 20.6. The minimum Gasteiger partial charge on any atom is -0.497 e. The summed E-state index contributed by atoms with van der Waals surface area (Å²) in [6.45, 7) is 3.68. The topological polar surface area (TPSA) is 71.8 Å².